The number of hydrogen-bond acceptors (Lipinski definition) is 4. The van der Waals surface area contributed by atoms with Crippen molar-refractivity contribution in [3.8, 4) is 0 Å². The first-order valence-corrected chi connectivity index (χ1v) is 6.06. The fourth-order valence-electron chi connectivity index (χ4n) is 1.65. The van der Waals surface area contributed by atoms with E-state index in [-0.39, 0.29) is 17.5 Å². The Kier molecular flexibility index (Phi) is 4.61. The van der Waals surface area contributed by atoms with Crippen LogP contribution in [-0.2, 0) is 4.79 Å². The number of nitrogens with zero attached hydrogens (tertiary/aromatic N) is 1. The second-order valence-corrected chi connectivity index (χ2v) is 4.97. The Hall–Kier alpha value is -1.95. The number of carbonyl (C=O) groups excluding carboxylic acids is 1. The van der Waals surface area contributed by atoms with Crippen LogP contribution in [0, 0.1) is 29.9 Å². The number of rotatable bonds is 4. The molecule has 6 nitrogen and oxygen atoms in total. The van der Waals surface area contributed by atoms with E-state index in [1.54, 1.807) is 19.9 Å². The van der Waals surface area contributed by atoms with Crippen LogP contribution in [0.15, 0.2) is 12.1 Å². The molecule has 0 saturated heterocycles. The molecule has 104 valence electrons. The van der Waals surface area contributed by atoms with E-state index < -0.39 is 11.0 Å². The molecular formula is C13H19N3O3. The highest BCUT2D eigenvalue weighted by Crippen LogP contribution is 2.26. The average Bonchev–Trinajstić information content (AvgIpc) is 2.31. The van der Waals surface area contributed by atoms with E-state index in [9.17, 15) is 14.9 Å². The lowest BCUT2D eigenvalue weighted by molar-refractivity contribution is -0.385. The SMILES string of the molecule is Cc1cc([N+](=O)[O-])c(C)cc1NC(=O)[C@@H](N)C(C)C. The number of nitrogens with one attached hydrogen (secondary N) is 1. The van der Waals surface area contributed by atoms with E-state index in [0.717, 1.165) is 0 Å². The molecule has 0 fully saturated rings. The second-order valence-electron chi connectivity index (χ2n) is 4.97. The molecule has 1 aromatic carbocycles. The maximum Gasteiger partial charge on any atom is 0.272 e. The van der Waals surface area contributed by atoms with E-state index in [1.165, 1.54) is 6.07 Å². The van der Waals surface area contributed by atoms with Crippen molar-refractivity contribution in [2.24, 2.45) is 11.7 Å². The summed E-state index contributed by atoms with van der Waals surface area (Å²) in [7, 11) is 0. The molecule has 0 aliphatic heterocycles. The lowest BCUT2D eigenvalue weighted by atomic mass is 10.0. The van der Waals surface area contributed by atoms with E-state index in [0.29, 0.717) is 16.8 Å². The van der Waals surface area contributed by atoms with Gasteiger partial charge < -0.3 is 11.1 Å². The van der Waals surface area contributed by atoms with Crippen LogP contribution in [0.5, 0.6) is 0 Å². The number of carbonyl (C=O) groups is 1. The summed E-state index contributed by atoms with van der Waals surface area (Å²) in [5, 5.41) is 13.5. The fraction of sp³-hybridized carbons (Fsp3) is 0.462. The number of nitro benzene ring substituents is 1. The predicted molar refractivity (Wildman–Crippen MR) is 74.0 cm³/mol. The van der Waals surface area contributed by atoms with Crippen molar-refractivity contribution < 1.29 is 9.72 Å². The highest BCUT2D eigenvalue weighted by molar-refractivity contribution is 5.95. The third-order valence-corrected chi connectivity index (χ3v) is 3.02. The highest BCUT2D eigenvalue weighted by atomic mass is 16.6. The molecule has 1 atom stereocenters. The number of nitrogens with two attached hydrogens (primary N) is 1. The maximum absolute atomic E-state index is 11.9. The minimum Gasteiger partial charge on any atom is -0.324 e. The molecule has 0 heterocycles. The Balaban J connectivity index is 3.01. The molecule has 0 bridgehead atoms. The van der Waals surface area contributed by atoms with E-state index in [1.807, 2.05) is 13.8 Å². The molecule has 1 amide bonds. The number of benzene rings is 1. The third kappa shape index (κ3) is 3.51. The zero-order valence-electron chi connectivity index (χ0n) is 11.6. The summed E-state index contributed by atoms with van der Waals surface area (Å²) >= 11 is 0. The van der Waals surface area contributed by atoms with E-state index >= 15 is 0 Å². The van der Waals surface area contributed by atoms with Crippen LogP contribution in [0.1, 0.15) is 25.0 Å². The Morgan fingerprint density at radius 3 is 2.37 bits per heavy atom. The first-order chi connectivity index (χ1) is 8.73. The van der Waals surface area contributed by atoms with Crippen LogP contribution in [0.2, 0.25) is 0 Å². The molecule has 0 aliphatic rings. The number of hydrogen-bond donors (Lipinski definition) is 2. The number of amides is 1. The van der Waals surface area contributed by atoms with Gasteiger partial charge in [-0.3, -0.25) is 14.9 Å². The van der Waals surface area contributed by atoms with Crippen molar-refractivity contribution in [2.75, 3.05) is 5.32 Å². The second kappa shape index (κ2) is 5.79. The zero-order valence-corrected chi connectivity index (χ0v) is 11.6. The molecule has 3 N–H and O–H groups in total. The summed E-state index contributed by atoms with van der Waals surface area (Å²) in [4.78, 5) is 22.2. The molecule has 19 heavy (non-hydrogen) atoms. The van der Waals surface area contributed by atoms with Gasteiger partial charge in [-0.1, -0.05) is 13.8 Å². The van der Waals surface area contributed by atoms with Gasteiger partial charge in [0.1, 0.15) is 0 Å². The highest BCUT2D eigenvalue weighted by Gasteiger charge is 2.19. The maximum atomic E-state index is 11.9. The minimum atomic E-state index is -0.602. The van der Waals surface area contributed by atoms with E-state index in [4.69, 9.17) is 5.73 Å². The molecule has 6 heteroatoms. The van der Waals surface area contributed by atoms with Crippen LogP contribution >= 0.6 is 0 Å². The quantitative estimate of drug-likeness (QED) is 0.643. The van der Waals surface area contributed by atoms with Crippen LogP contribution in [0.4, 0.5) is 11.4 Å². The van der Waals surface area contributed by atoms with Gasteiger partial charge in [0, 0.05) is 17.3 Å². The van der Waals surface area contributed by atoms with Crippen molar-refractivity contribution in [1.29, 1.82) is 0 Å². The van der Waals surface area contributed by atoms with Gasteiger partial charge in [-0.05, 0) is 31.4 Å². The van der Waals surface area contributed by atoms with Crippen molar-refractivity contribution in [3.05, 3.63) is 33.4 Å². The smallest absolute Gasteiger partial charge is 0.272 e. The predicted octanol–water partition coefficient (Wildman–Crippen LogP) is 2.13. The van der Waals surface area contributed by atoms with Crippen molar-refractivity contribution in [1.82, 2.24) is 0 Å². The van der Waals surface area contributed by atoms with Crippen molar-refractivity contribution in [3.63, 3.8) is 0 Å². The third-order valence-electron chi connectivity index (χ3n) is 3.02. The first kappa shape index (κ1) is 15.1. The van der Waals surface area contributed by atoms with Gasteiger partial charge in [0.15, 0.2) is 0 Å². The topological polar surface area (TPSA) is 98.3 Å². The van der Waals surface area contributed by atoms with E-state index in [2.05, 4.69) is 5.32 Å². The lowest BCUT2D eigenvalue weighted by Crippen LogP contribution is -2.39. The fourth-order valence-corrected chi connectivity index (χ4v) is 1.65. The number of nitro groups is 1. The van der Waals surface area contributed by atoms with Crippen LogP contribution in [0.25, 0.3) is 0 Å². The molecule has 0 spiro atoms. The average molecular weight is 265 g/mol. The van der Waals surface area contributed by atoms with Crippen LogP contribution in [-0.4, -0.2) is 16.9 Å². The summed E-state index contributed by atoms with van der Waals surface area (Å²) < 4.78 is 0. The first-order valence-electron chi connectivity index (χ1n) is 6.06. The van der Waals surface area contributed by atoms with Crippen LogP contribution < -0.4 is 11.1 Å². The van der Waals surface area contributed by atoms with Gasteiger partial charge in [0.25, 0.3) is 5.69 Å². The monoisotopic (exact) mass is 265 g/mol. The summed E-state index contributed by atoms with van der Waals surface area (Å²) in [5.74, 6) is -0.259. The summed E-state index contributed by atoms with van der Waals surface area (Å²) in [6.07, 6.45) is 0. The lowest BCUT2D eigenvalue weighted by Gasteiger charge is -2.16. The van der Waals surface area contributed by atoms with Gasteiger partial charge in [0.05, 0.1) is 11.0 Å². The molecule has 0 aliphatic carbocycles. The minimum absolute atomic E-state index is 0.0273. The molecule has 1 rings (SSSR count). The van der Waals surface area contributed by atoms with Gasteiger partial charge in [-0.25, -0.2) is 0 Å². The standard InChI is InChI=1S/C13H19N3O3/c1-7(2)12(14)13(17)15-10-5-9(4)11(16(18)19)6-8(10)3/h5-7,12H,14H2,1-4H3,(H,15,17)/t12-/m0/s1. The Morgan fingerprint density at radius 2 is 1.89 bits per heavy atom. The molecule has 0 saturated carbocycles. The summed E-state index contributed by atoms with van der Waals surface area (Å²) in [6, 6.07) is 2.44. The zero-order chi connectivity index (χ0) is 14.7. The molecule has 0 radical (unpaired) electrons. The Morgan fingerprint density at radius 1 is 1.32 bits per heavy atom. The summed E-state index contributed by atoms with van der Waals surface area (Å²) in [6.45, 7) is 7.06. The Labute approximate surface area is 112 Å². The number of anilines is 1. The van der Waals surface area contributed by atoms with Crippen molar-refractivity contribution in [2.45, 2.75) is 33.7 Å². The largest absolute Gasteiger partial charge is 0.324 e. The van der Waals surface area contributed by atoms with Gasteiger partial charge >= 0.3 is 0 Å². The van der Waals surface area contributed by atoms with Gasteiger partial charge in [-0.15, -0.1) is 0 Å². The number of aryl methyl sites for hydroxylation is 2. The Bertz CT molecular complexity index is 512. The summed E-state index contributed by atoms with van der Waals surface area (Å²) in [5.41, 5.74) is 7.50. The molecule has 1 aromatic rings. The van der Waals surface area contributed by atoms with Crippen LogP contribution in [0.3, 0.4) is 0 Å². The van der Waals surface area contributed by atoms with Gasteiger partial charge in [-0.2, -0.15) is 0 Å². The van der Waals surface area contributed by atoms with Gasteiger partial charge in [0.2, 0.25) is 5.91 Å². The van der Waals surface area contributed by atoms with Crippen molar-refractivity contribution >= 4 is 17.3 Å². The molecular weight excluding hydrogens is 246 g/mol. The normalized spacial score (nSPS) is 12.3. The molecule has 0 aromatic heterocycles. The molecule has 0 unspecified atom stereocenters.